The van der Waals surface area contributed by atoms with E-state index in [1.807, 2.05) is 31.2 Å². The third-order valence-corrected chi connectivity index (χ3v) is 7.48. The second-order valence-corrected chi connectivity index (χ2v) is 9.63. The molecule has 3 aromatic rings. The van der Waals surface area contributed by atoms with Crippen molar-refractivity contribution in [2.24, 2.45) is 22.7 Å². The van der Waals surface area contributed by atoms with Crippen LogP contribution in [0, 0.1) is 18.7 Å². The van der Waals surface area contributed by atoms with E-state index >= 15 is 0 Å². The monoisotopic (exact) mass is 476 g/mol. The molecule has 1 aliphatic heterocycles. The topological polar surface area (TPSA) is 102 Å². The van der Waals surface area contributed by atoms with Gasteiger partial charge in [-0.3, -0.25) is 9.88 Å². The second-order valence-electron chi connectivity index (χ2n) is 9.63. The minimum atomic E-state index is -0.274. The maximum absolute atomic E-state index is 14.0. The van der Waals surface area contributed by atoms with E-state index in [-0.39, 0.29) is 11.9 Å². The molecule has 0 amide bonds. The number of pyridine rings is 1. The number of fused-ring (bicyclic) bond motifs is 2. The summed E-state index contributed by atoms with van der Waals surface area (Å²) in [6.07, 6.45) is 5.70. The molecule has 1 saturated carbocycles. The van der Waals surface area contributed by atoms with Crippen LogP contribution >= 0.6 is 0 Å². The van der Waals surface area contributed by atoms with Gasteiger partial charge in [-0.25, -0.2) is 10.2 Å². The summed E-state index contributed by atoms with van der Waals surface area (Å²) in [4.78, 5) is 7.13. The van der Waals surface area contributed by atoms with E-state index in [9.17, 15) is 4.39 Å². The van der Waals surface area contributed by atoms with Gasteiger partial charge in [-0.15, -0.1) is 0 Å². The molecule has 184 valence electrons. The number of halogens is 1. The highest BCUT2D eigenvalue weighted by atomic mass is 19.1. The predicted molar refractivity (Wildman–Crippen MR) is 136 cm³/mol. The van der Waals surface area contributed by atoms with Crippen LogP contribution in [0.5, 0.6) is 5.75 Å². The molecule has 8 heteroatoms. The Bertz CT molecular complexity index is 1230. The molecule has 3 unspecified atom stereocenters. The number of nitrogens with one attached hydrogen (secondary N) is 1. The summed E-state index contributed by atoms with van der Waals surface area (Å²) in [6, 6.07) is 15.2. The van der Waals surface area contributed by atoms with E-state index in [0.717, 1.165) is 65.8 Å². The fourth-order valence-electron chi connectivity index (χ4n) is 5.89. The first-order chi connectivity index (χ1) is 17.1. The van der Waals surface area contributed by atoms with E-state index < -0.39 is 0 Å². The van der Waals surface area contributed by atoms with Crippen molar-refractivity contribution in [2.45, 2.75) is 57.7 Å². The average molecular weight is 477 g/mol. The Morgan fingerprint density at radius 1 is 1.17 bits per heavy atom. The number of ether oxygens (including phenoxy) is 1. The number of piperidine rings is 1. The standard InChI is InChI=1S/C27H33FN6O/c1-17-14-26(22-15-19(28)10-11-23(22)31-17)35-25-12-13-34(24-9-5-4-8-21(24)25)16-18-6-2-3-7-20(18)27(32-29)33-30/h2-3,6-7,10-11,14-15,21,24-25H,4-5,8-9,12-13,16,29-30H2,1H3,(H,32,33). The van der Waals surface area contributed by atoms with Gasteiger partial charge in [-0.2, -0.15) is 5.10 Å². The van der Waals surface area contributed by atoms with Crippen LogP contribution in [0.4, 0.5) is 4.39 Å². The Kier molecular flexibility index (Phi) is 6.83. The molecule has 3 atom stereocenters. The van der Waals surface area contributed by atoms with Crippen molar-refractivity contribution in [3.05, 3.63) is 71.2 Å². The summed E-state index contributed by atoms with van der Waals surface area (Å²) in [5.41, 5.74) is 6.32. The van der Waals surface area contributed by atoms with Crippen LogP contribution in [0.1, 0.15) is 48.9 Å². The molecule has 5 rings (SSSR count). The molecule has 0 radical (unpaired) electrons. The number of nitrogens with zero attached hydrogens (tertiary/aromatic N) is 3. The van der Waals surface area contributed by atoms with Crippen LogP contribution in [0.3, 0.4) is 0 Å². The largest absolute Gasteiger partial charge is 0.489 e. The zero-order valence-electron chi connectivity index (χ0n) is 20.1. The molecule has 1 aromatic heterocycles. The second kappa shape index (κ2) is 10.2. The highest BCUT2D eigenvalue weighted by Gasteiger charge is 2.41. The maximum atomic E-state index is 14.0. The summed E-state index contributed by atoms with van der Waals surface area (Å²) < 4.78 is 20.7. The Hall–Kier alpha value is -3.23. The molecule has 2 heterocycles. The molecule has 1 saturated heterocycles. The van der Waals surface area contributed by atoms with Gasteiger partial charge in [0.25, 0.3) is 0 Å². The van der Waals surface area contributed by atoms with E-state index in [1.54, 1.807) is 6.07 Å². The van der Waals surface area contributed by atoms with Crippen LogP contribution in [-0.4, -0.2) is 34.4 Å². The van der Waals surface area contributed by atoms with Crippen LogP contribution in [0.25, 0.3) is 10.9 Å². The number of nitrogens with two attached hydrogens (primary N) is 2. The van der Waals surface area contributed by atoms with Gasteiger partial charge >= 0.3 is 0 Å². The first-order valence-electron chi connectivity index (χ1n) is 12.4. The first kappa shape index (κ1) is 23.5. The number of amidine groups is 1. The van der Waals surface area contributed by atoms with Gasteiger partial charge in [0.05, 0.1) is 5.52 Å². The van der Waals surface area contributed by atoms with Crippen molar-refractivity contribution in [3.8, 4) is 5.75 Å². The van der Waals surface area contributed by atoms with Crippen LogP contribution < -0.4 is 21.8 Å². The number of aryl methyl sites for hydroxylation is 1. The lowest BCUT2D eigenvalue weighted by atomic mass is 9.76. The zero-order valence-corrected chi connectivity index (χ0v) is 20.1. The number of hydrazone groups is 1. The summed E-state index contributed by atoms with van der Waals surface area (Å²) >= 11 is 0. The van der Waals surface area contributed by atoms with Gasteiger partial charge < -0.3 is 16.0 Å². The summed E-state index contributed by atoms with van der Waals surface area (Å²) in [5, 5.41) is 4.56. The van der Waals surface area contributed by atoms with Crippen molar-refractivity contribution in [3.63, 3.8) is 0 Å². The summed E-state index contributed by atoms with van der Waals surface area (Å²) in [5.74, 6) is 12.6. The van der Waals surface area contributed by atoms with Gasteiger partial charge in [-0.1, -0.05) is 37.1 Å². The van der Waals surface area contributed by atoms with Crippen LogP contribution in [0.2, 0.25) is 0 Å². The molecular weight excluding hydrogens is 443 g/mol. The quantitative estimate of drug-likeness (QED) is 0.223. The third kappa shape index (κ3) is 4.81. The van der Waals surface area contributed by atoms with E-state index in [2.05, 4.69) is 26.5 Å². The van der Waals surface area contributed by atoms with Crippen LogP contribution in [-0.2, 0) is 6.54 Å². The molecule has 0 spiro atoms. The Balaban J connectivity index is 1.40. The lowest BCUT2D eigenvalue weighted by Crippen LogP contribution is -2.53. The fourth-order valence-corrected chi connectivity index (χ4v) is 5.89. The molecule has 7 nitrogen and oxygen atoms in total. The van der Waals surface area contributed by atoms with Gasteiger partial charge in [0.15, 0.2) is 5.84 Å². The number of hydrazine groups is 1. The van der Waals surface area contributed by atoms with Crippen molar-refractivity contribution < 1.29 is 9.13 Å². The van der Waals surface area contributed by atoms with Crippen molar-refractivity contribution in [1.82, 2.24) is 15.3 Å². The SMILES string of the molecule is Cc1cc(OC2CCN(Cc3ccccc3/C(=N/N)NN)C3CCCCC23)c2cc(F)ccc2n1. The number of benzene rings is 2. The normalized spacial score (nSPS) is 23.2. The van der Waals surface area contributed by atoms with Gasteiger partial charge in [0.2, 0.25) is 0 Å². The molecule has 1 aliphatic carbocycles. The van der Waals surface area contributed by atoms with Gasteiger partial charge in [0, 0.05) is 47.8 Å². The zero-order chi connectivity index (χ0) is 24.4. The number of hydrogen-bond donors (Lipinski definition) is 3. The predicted octanol–water partition coefficient (Wildman–Crippen LogP) is 3.98. The maximum Gasteiger partial charge on any atom is 0.167 e. The number of aromatic nitrogens is 1. The van der Waals surface area contributed by atoms with E-state index in [0.29, 0.717) is 17.8 Å². The average Bonchev–Trinajstić information content (AvgIpc) is 2.87. The number of rotatable bonds is 5. The lowest BCUT2D eigenvalue weighted by molar-refractivity contribution is -0.0267. The molecule has 0 bridgehead atoms. The van der Waals surface area contributed by atoms with Crippen LogP contribution in [0.15, 0.2) is 53.6 Å². The van der Waals surface area contributed by atoms with Crippen molar-refractivity contribution >= 4 is 16.7 Å². The molecule has 2 aromatic carbocycles. The molecule has 35 heavy (non-hydrogen) atoms. The molecule has 2 fully saturated rings. The molecule has 5 N–H and O–H groups in total. The smallest absolute Gasteiger partial charge is 0.167 e. The summed E-state index contributed by atoms with van der Waals surface area (Å²) in [6.45, 7) is 3.67. The van der Waals surface area contributed by atoms with Crippen molar-refractivity contribution in [1.29, 1.82) is 0 Å². The molecule has 2 aliphatic rings. The van der Waals surface area contributed by atoms with Gasteiger partial charge in [-0.05, 0) is 49.9 Å². The van der Waals surface area contributed by atoms with E-state index in [4.69, 9.17) is 16.4 Å². The van der Waals surface area contributed by atoms with Crippen molar-refractivity contribution in [2.75, 3.05) is 6.54 Å². The third-order valence-electron chi connectivity index (χ3n) is 7.48. The fraction of sp³-hybridized carbons (Fsp3) is 0.407. The summed E-state index contributed by atoms with van der Waals surface area (Å²) in [7, 11) is 0. The minimum Gasteiger partial charge on any atom is -0.489 e. The Labute approximate surface area is 205 Å². The highest BCUT2D eigenvalue weighted by molar-refractivity contribution is 5.99. The molecular formula is C27H33FN6O. The lowest BCUT2D eigenvalue weighted by Gasteiger charge is -2.48. The number of likely N-dealkylation sites (tertiary alicyclic amines) is 1. The Morgan fingerprint density at radius 2 is 2.00 bits per heavy atom. The first-order valence-corrected chi connectivity index (χ1v) is 12.4. The van der Waals surface area contributed by atoms with Gasteiger partial charge in [0.1, 0.15) is 17.7 Å². The van der Waals surface area contributed by atoms with E-state index in [1.165, 1.54) is 25.0 Å². The minimum absolute atomic E-state index is 0.0898. The highest BCUT2D eigenvalue weighted by Crippen LogP contribution is 2.39. The Morgan fingerprint density at radius 3 is 2.83 bits per heavy atom. The number of hydrogen-bond acceptors (Lipinski definition) is 6.